The number of aromatic nitrogens is 3. The zero-order chi connectivity index (χ0) is 21.0. The summed E-state index contributed by atoms with van der Waals surface area (Å²) < 4.78 is 8.02. The number of thioether (sulfide) groups is 1. The molecule has 1 aromatic heterocycles. The average molecular weight is 412 g/mol. The van der Waals surface area contributed by atoms with Crippen molar-refractivity contribution in [3.63, 3.8) is 0 Å². The number of aliphatic hydroxyl groups excluding tert-OH is 1. The second-order valence-electron chi connectivity index (χ2n) is 7.35. The fourth-order valence-electron chi connectivity index (χ4n) is 3.22. The molecule has 2 aromatic carbocycles. The van der Waals surface area contributed by atoms with Crippen molar-refractivity contribution in [1.82, 2.24) is 14.8 Å². The van der Waals surface area contributed by atoms with Gasteiger partial charge in [-0.15, -0.1) is 10.2 Å². The molecule has 3 aromatic rings. The van der Waals surface area contributed by atoms with E-state index < -0.39 is 6.10 Å². The molecule has 154 valence electrons. The lowest BCUT2D eigenvalue weighted by molar-refractivity contribution is 0.125. The van der Waals surface area contributed by atoms with E-state index in [0.29, 0.717) is 5.75 Å². The summed E-state index contributed by atoms with van der Waals surface area (Å²) in [6.45, 7) is 11.3. The van der Waals surface area contributed by atoms with Crippen LogP contribution in [0.1, 0.15) is 29.2 Å². The second-order valence-corrected chi connectivity index (χ2v) is 8.34. The van der Waals surface area contributed by atoms with Gasteiger partial charge in [0.25, 0.3) is 0 Å². The van der Waals surface area contributed by atoms with Crippen molar-refractivity contribution >= 4 is 11.8 Å². The predicted octanol–water partition coefficient (Wildman–Crippen LogP) is 4.73. The molecule has 1 heterocycles. The maximum atomic E-state index is 10.4. The van der Waals surface area contributed by atoms with E-state index in [4.69, 9.17) is 4.74 Å². The van der Waals surface area contributed by atoms with Gasteiger partial charge in [-0.25, -0.2) is 0 Å². The summed E-state index contributed by atoms with van der Waals surface area (Å²) in [6, 6.07) is 12.4. The van der Waals surface area contributed by atoms with E-state index >= 15 is 0 Å². The number of hydrogen-bond donors (Lipinski definition) is 1. The molecular formula is C23H29N3O2S. The third-order valence-corrected chi connectivity index (χ3v) is 6.12. The lowest BCUT2D eigenvalue weighted by Crippen LogP contribution is -2.21. The van der Waals surface area contributed by atoms with Gasteiger partial charge in [0, 0.05) is 17.9 Å². The number of benzene rings is 2. The minimum Gasteiger partial charge on any atom is -0.490 e. The van der Waals surface area contributed by atoms with Crippen molar-refractivity contribution in [2.75, 3.05) is 12.4 Å². The van der Waals surface area contributed by atoms with E-state index in [1.54, 1.807) is 0 Å². The van der Waals surface area contributed by atoms with Crippen molar-refractivity contribution in [2.24, 2.45) is 0 Å². The highest BCUT2D eigenvalue weighted by Gasteiger charge is 2.16. The number of rotatable bonds is 8. The first-order valence-electron chi connectivity index (χ1n) is 9.91. The van der Waals surface area contributed by atoms with Gasteiger partial charge in [0.15, 0.2) is 11.0 Å². The van der Waals surface area contributed by atoms with Gasteiger partial charge >= 0.3 is 0 Å². The van der Waals surface area contributed by atoms with Gasteiger partial charge in [-0.05, 0) is 57.4 Å². The normalized spacial score (nSPS) is 12.2. The smallest absolute Gasteiger partial charge is 0.191 e. The topological polar surface area (TPSA) is 60.2 Å². The second kappa shape index (κ2) is 9.46. The molecule has 3 rings (SSSR count). The van der Waals surface area contributed by atoms with Crippen LogP contribution in [0.4, 0.5) is 0 Å². The quantitative estimate of drug-likeness (QED) is 0.543. The van der Waals surface area contributed by atoms with Crippen molar-refractivity contribution in [1.29, 1.82) is 0 Å². The predicted molar refractivity (Wildman–Crippen MR) is 119 cm³/mol. The minimum atomic E-state index is -0.594. The third kappa shape index (κ3) is 5.00. The van der Waals surface area contributed by atoms with Gasteiger partial charge in [-0.3, -0.25) is 0 Å². The van der Waals surface area contributed by atoms with Crippen LogP contribution in [-0.4, -0.2) is 38.3 Å². The van der Waals surface area contributed by atoms with Crippen LogP contribution in [0.2, 0.25) is 0 Å². The molecule has 0 fully saturated rings. The van der Waals surface area contributed by atoms with Gasteiger partial charge < -0.3 is 14.4 Å². The fourth-order valence-corrected chi connectivity index (χ4v) is 4.13. The van der Waals surface area contributed by atoms with E-state index in [0.717, 1.165) is 40.0 Å². The molecule has 0 aliphatic carbocycles. The molecule has 29 heavy (non-hydrogen) atoms. The molecule has 1 atom stereocenters. The Hall–Kier alpha value is -2.31. The highest BCUT2D eigenvalue weighted by molar-refractivity contribution is 7.99. The maximum Gasteiger partial charge on any atom is 0.191 e. The summed E-state index contributed by atoms with van der Waals surface area (Å²) in [4.78, 5) is 0. The fraction of sp³-hybridized carbons (Fsp3) is 0.391. The first kappa shape index (κ1) is 21.4. The first-order chi connectivity index (χ1) is 13.9. The lowest BCUT2D eigenvalue weighted by Gasteiger charge is -2.16. The average Bonchev–Trinajstić information content (AvgIpc) is 3.12. The summed E-state index contributed by atoms with van der Waals surface area (Å²) in [5, 5.41) is 20.0. The maximum absolute atomic E-state index is 10.4. The van der Waals surface area contributed by atoms with Gasteiger partial charge in [0.05, 0.1) is 6.10 Å². The number of nitrogens with zero attached hydrogens (tertiary/aromatic N) is 3. The SMILES string of the molecule is CCn1c(SCC(O)COc2c(C)ccc(C)c2C)nnc1-c1cccc(C)c1. The van der Waals surface area contributed by atoms with Crippen molar-refractivity contribution in [2.45, 2.75) is 52.4 Å². The zero-order valence-corrected chi connectivity index (χ0v) is 18.6. The van der Waals surface area contributed by atoms with Crippen LogP contribution in [-0.2, 0) is 6.54 Å². The summed E-state index contributed by atoms with van der Waals surface area (Å²) in [7, 11) is 0. The van der Waals surface area contributed by atoms with Crippen molar-refractivity contribution < 1.29 is 9.84 Å². The monoisotopic (exact) mass is 411 g/mol. The Bertz CT molecular complexity index is 984. The van der Waals surface area contributed by atoms with Gasteiger partial charge in [0.2, 0.25) is 0 Å². The van der Waals surface area contributed by atoms with Crippen LogP contribution in [0.3, 0.4) is 0 Å². The molecule has 6 heteroatoms. The Morgan fingerprint density at radius 3 is 2.55 bits per heavy atom. The summed E-state index contributed by atoms with van der Waals surface area (Å²) in [5.41, 5.74) is 5.64. The summed E-state index contributed by atoms with van der Waals surface area (Å²) >= 11 is 1.51. The Kier molecular flexibility index (Phi) is 6.98. The zero-order valence-electron chi connectivity index (χ0n) is 17.8. The number of ether oxygens (including phenoxy) is 1. The highest BCUT2D eigenvalue weighted by Crippen LogP contribution is 2.27. The number of hydrogen-bond acceptors (Lipinski definition) is 5. The molecule has 0 amide bonds. The molecule has 0 aliphatic rings. The van der Waals surface area contributed by atoms with Crippen LogP contribution in [0.25, 0.3) is 11.4 Å². The molecule has 1 unspecified atom stereocenters. The van der Waals surface area contributed by atoms with E-state index in [2.05, 4.69) is 66.7 Å². The van der Waals surface area contributed by atoms with Gasteiger partial charge in [-0.2, -0.15) is 0 Å². The Balaban J connectivity index is 1.64. The van der Waals surface area contributed by atoms with E-state index in [-0.39, 0.29) is 6.61 Å². The molecule has 0 saturated heterocycles. The molecule has 1 N–H and O–H groups in total. The summed E-state index contributed by atoms with van der Waals surface area (Å²) in [5.74, 6) is 2.22. The summed E-state index contributed by atoms with van der Waals surface area (Å²) in [6.07, 6.45) is -0.594. The molecule has 0 saturated carbocycles. The third-order valence-electron chi connectivity index (χ3n) is 5.01. The highest BCUT2D eigenvalue weighted by atomic mass is 32.2. The first-order valence-corrected chi connectivity index (χ1v) is 10.9. The Morgan fingerprint density at radius 2 is 1.83 bits per heavy atom. The van der Waals surface area contributed by atoms with Crippen LogP contribution >= 0.6 is 11.8 Å². The van der Waals surface area contributed by atoms with Crippen molar-refractivity contribution in [3.05, 3.63) is 58.7 Å². The Morgan fingerprint density at radius 1 is 1.07 bits per heavy atom. The minimum absolute atomic E-state index is 0.253. The largest absolute Gasteiger partial charge is 0.490 e. The van der Waals surface area contributed by atoms with Crippen LogP contribution in [0.15, 0.2) is 41.6 Å². The standard InChI is InChI=1S/C23H29N3O2S/c1-6-26-22(19-9-7-8-15(2)12-19)24-25-23(26)29-14-20(27)13-28-21-17(4)11-10-16(3)18(21)5/h7-12,20,27H,6,13-14H2,1-5H3. The van der Waals surface area contributed by atoms with Gasteiger partial charge in [0.1, 0.15) is 12.4 Å². The van der Waals surface area contributed by atoms with Crippen LogP contribution in [0.5, 0.6) is 5.75 Å². The molecule has 0 radical (unpaired) electrons. The van der Waals surface area contributed by atoms with Crippen LogP contribution < -0.4 is 4.74 Å². The van der Waals surface area contributed by atoms with E-state index in [1.807, 2.05) is 19.1 Å². The van der Waals surface area contributed by atoms with E-state index in [1.165, 1.54) is 22.9 Å². The molecule has 0 bridgehead atoms. The molecular weight excluding hydrogens is 382 g/mol. The Labute approximate surface area is 177 Å². The molecule has 5 nitrogen and oxygen atoms in total. The number of aryl methyl sites for hydroxylation is 3. The number of aliphatic hydroxyl groups is 1. The lowest BCUT2D eigenvalue weighted by atomic mass is 10.1. The van der Waals surface area contributed by atoms with Crippen molar-refractivity contribution in [3.8, 4) is 17.1 Å². The van der Waals surface area contributed by atoms with Crippen LogP contribution in [0, 0.1) is 27.7 Å². The molecule has 0 spiro atoms. The van der Waals surface area contributed by atoms with Gasteiger partial charge in [-0.1, -0.05) is 47.7 Å². The molecule has 0 aliphatic heterocycles. The van der Waals surface area contributed by atoms with E-state index in [9.17, 15) is 5.11 Å².